The van der Waals surface area contributed by atoms with Crippen molar-refractivity contribution in [3.05, 3.63) is 58.4 Å². The minimum Gasteiger partial charge on any atom is -0.493 e. The predicted octanol–water partition coefficient (Wildman–Crippen LogP) is 6.94. The Hall–Kier alpha value is -1.49. The number of hydrogen-bond acceptors (Lipinski definition) is 3. The van der Waals surface area contributed by atoms with Gasteiger partial charge in [0, 0.05) is 12.1 Å². The third-order valence-corrected chi connectivity index (χ3v) is 5.05. The molecule has 6 heteroatoms. The molecule has 0 spiro atoms. The maximum absolute atomic E-state index is 13.9. The van der Waals surface area contributed by atoms with Crippen LogP contribution in [0.15, 0.2) is 36.4 Å². The summed E-state index contributed by atoms with van der Waals surface area (Å²) in [6, 6.07) is 10.4. The Bertz CT molecular complexity index is 708. The lowest BCUT2D eigenvalue weighted by atomic mass is 10.1. The molecule has 0 aliphatic carbocycles. The molecule has 0 unspecified atom stereocenters. The van der Waals surface area contributed by atoms with Crippen LogP contribution in [0.1, 0.15) is 56.6 Å². The Morgan fingerprint density at radius 1 is 1.00 bits per heavy atom. The van der Waals surface area contributed by atoms with Gasteiger partial charge in [-0.2, -0.15) is 0 Å². The van der Waals surface area contributed by atoms with Crippen LogP contribution < -0.4 is 14.8 Å². The number of hydrogen-bond donors (Lipinski definition) is 1. The van der Waals surface area contributed by atoms with E-state index in [-0.39, 0.29) is 24.8 Å². The quantitative estimate of drug-likeness (QED) is 0.340. The monoisotopic (exact) mass is 443 g/mol. The molecule has 3 nitrogen and oxygen atoms in total. The highest BCUT2D eigenvalue weighted by Gasteiger charge is 2.11. The first-order chi connectivity index (χ1) is 13.7. The molecule has 0 saturated heterocycles. The Morgan fingerprint density at radius 3 is 2.48 bits per heavy atom. The molecule has 0 fully saturated rings. The second-order valence-electron chi connectivity index (χ2n) is 6.92. The van der Waals surface area contributed by atoms with Gasteiger partial charge in [-0.1, -0.05) is 62.8 Å². The number of ether oxygens (including phenoxy) is 2. The summed E-state index contributed by atoms with van der Waals surface area (Å²) in [5.41, 5.74) is 1.47. The summed E-state index contributed by atoms with van der Waals surface area (Å²) in [4.78, 5) is 0. The van der Waals surface area contributed by atoms with Crippen molar-refractivity contribution in [1.29, 1.82) is 0 Å². The van der Waals surface area contributed by atoms with E-state index in [1.165, 1.54) is 44.6 Å². The van der Waals surface area contributed by atoms with E-state index >= 15 is 0 Å². The Kier molecular flexibility index (Phi) is 12.8. The van der Waals surface area contributed by atoms with Gasteiger partial charge in [0.15, 0.2) is 11.5 Å². The SMILES string of the molecule is CCCCCCCCNCc1ccc(OCc2c(F)cccc2Cl)c(OC)c1.Cl. The van der Waals surface area contributed by atoms with Gasteiger partial charge in [0.1, 0.15) is 12.4 Å². The molecule has 2 aromatic rings. The van der Waals surface area contributed by atoms with Gasteiger partial charge in [-0.05, 0) is 42.8 Å². The van der Waals surface area contributed by atoms with E-state index < -0.39 is 0 Å². The first-order valence-corrected chi connectivity index (χ1v) is 10.5. The summed E-state index contributed by atoms with van der Waals surface area (Å²) in [6.07, 6.45) is 7.76. The summed E-state index contributed by atoms with van der Waals surface area (Å²) in [6.45, 7) is 4.09. The zero-order valence-corrected chi connectivity index (χ0v) is 18.9. The summed E-state index contributed by atoms with van der Waals surface area (Å²) >= 11 is 6.05. The van der Waals surface area contributed by atoms with E-state index in [1.807, 2.05) is 18.2 Å². The topological polar surface area (TPSA) is 30.5 Å². The van der Waals surface area contributed by atoms with Crippen molar-refractivity contribution in [2.75, 3.05) is 13.7 Å². The Labute approximate surface area is 185 Å². The molecule has 0 aliphatic rings. The number of methoxy groups -OCH3 is 1. The maximum atomic E-state index is 13.9. The fourth-order valence-electron chi connectivity index (χ4n) is 3.02. The third kappa shape index (κ3) is 8.81. The van der Waals surface area contributed by atoms with Crippen molar-refractivity contribution in [2.24, 2.45) is 0 Å². The molecule has 0 amide bonds. The largest absolute Gasteiger partial charge is 0.493 e. The van der Waals surface area contributed by atoms with Crippen molar-refractivity contribution in [2.45, 2.75) is 58.6 Å². The van der Waals surface area contributed by atoms with Crippen molar-refractivity contribution in [3.8, 4) is 11.5 Å². The van der Waals surface area contributed by atoms with Crippen molar-refractivity contribution in [1.82, 2.24) is 5.32 Å². The average Bonchev–Trinajstić information content (AvgIpc) is 2.70. The minimum absolute atomic E-state index is 0. The van der Waals surface area contributed by atoms with Gasteiger partial charge in [-0.3, -0.25) is 0 Å². The standard InChI is InChI=1S/C23H31ClFNO2.ClH/c1-3-4-5-6-7-8-14-26-16-18-12-13-22(23(15-18)27-2)28-17-19-20(24)10-9-11-21(19)25;/h9-13,15,26H,3-8,14,16-17H2,1-2H3;1H. The van der Waals surface area contributed by atoms with Gasteiger partial charge >= 0.3 is 0 Å². The van der Waals surface area contributed by atoms with E-state index in [0.717, 1.165) is 18.7 Å². The van der Waals surface area contributed by atoms with Crippen LogP contribution >= 0.6 is 24.0 Å². The highest BCUT2D eigenvalue weighted by molar-refractivity contribution is 6.31. The molecule has 2 aromatic carbocycles. The molecule has 0 heterocycles. The van der Waals surface area contributed by atoms with Crippen molar-refractivity contribution >= 4 is 24.0 Å². The molecule has 0 aliphatic heterocycles. The molecule has 1 N–H and O–H groups in total. The van der Waals surface area contributed by atoms with Gasteiger partial charge in [-0.15, -0.1) is 12.4 Å². The van der Waals surface area contributed by atoms with Crippen LogP contribution in [0.25, 0.3) is 0 Å². The maximum Gasteiger partial charge on any atom is 0.161 e. The molecule has 0 radical (unpaired) electrons. The highest BCUT2D eigenvalue weighted by Crippen LogP contribution is 2.30. The van der Waals surface area contributed by atoms with Crippen molar-refractivity contribution < 1.29 is 13.9 Å². The van der Waals surface area contributed by atoms with Crippen LogP contribution in [0.2, 0.25) is 5.02 Å². The van der Waals surface area contributed by atoms with E-state index in [1.54, 1.807) is 19.2 Å². The van der Waals surface area contributed by atoms with Gasteiger partial charge in [0.25, 0.3) is 0 Å². The Balaban J connectivity index is 0.00000420. The van der Waals surface area contributed by atoms with Crippen LogP contribution in [-0.4, -0.2) is 13.7 Å². The lowest BCUT2D eigenvalue weighted by molar-refractivity contribution is 0.279. The molecule has 29 heavy (non-hydrogen) atoms. The zero-order valence-electron chi connectivity index (χ0n) is 17.3. The average molecular weight is 444 g/mol. The highest BCUT2D eigenvalue weighted by atomic mass is 35.5. The second-order valence-corrected chi connectivity index (χ2v) is 7.33. The molecule has 0 atom stereocenters. The molecule has 0 saturated carbocycles. The summed E-state index contributed by atoms with van der Waals surface area (Å²) in [5.74, 6) is 0.829. The molecule has 2 rings (SSSR count). The number of rotatable bonds is 13. The van der Waals surface area contributed by atoms with Crippen molar-refractivity contribution in [3.63, 3.8) is 0 Å². The minimum atomic E-state index is -0.373. The smallest absolute Gasteiger partial charge is 0.161 e. The van der Waals surface area contributed by atoms with Crippen LogP contribution in [0.4, 0.5) is 4.39 Å². The summed E-state index contributed by atoms with van der Waals surface area (Å²) in [7, 11) is 1.60. The molecule has 162 valence electrons. The molecule has 0 bridgehead atoms. The van der Waals surface area contributed by atoms with E-state index in [9.17, 15) is 4.39 Å². The van der Waals surface area contributed by atoms with Crippen LogP contribution in [0, 0.1) is 5.82 Å². The lowest BCUT2D eigenvalue weighted by Gasteiger charge is -2.13. The summed E-state index contributed by atoms with van der Waals surface area (Å²) in [5, 5.41) is 3.83. The molecule has 0 aromatic heterocycles. The molecular weight excluding hydrogens is 412 g/mol. The second kappa shape index (κ2) is 14.5. The fourth-order valence-corrected chi connectivity index (χ4v) is 3.24. The summed E-state index contributed by atoms with van der Waals surface area (Å²) < 4.78 is 25.1. The predicted molar refractivity (Wildman–Crippen MR) is 121 cm³/mol. The third-order valence-electron chi connectivity index (χ3n) is 4.70. The number of nitrogens with one attached hydrogen (secondary N) is 1. The number of benzene rings is 2. The normalized spacial score (nSPS) is 10.5. The van der Waals surface area contributed by atoms with Gasteiger partial charge < -0.3 is 14.8 Å². The van der Waals surface area contributed by atoms with Crippen LogP contribution in [-0.2, 0) is 13.2 Å². The molecular formula is C23H32Cl2FNO2. The van der Waals surface area contributed by atoms with E-state index in [0.29, 0.717) is 22.1 Å². The van der Waals surface area contributed by atoms with Gasteiger partial charge in [-0.25, -0.2) is 4.39 Å². The van der Waals surface area contributed by atoms with Gasteiger partial charge in [0.05, 0.1) is 12.1 Å². The van der Waals surface area contributed by atoms with E-state index in [2.05, 4.69) is 12.2 Å². The number of unbranched alkanes of at least 4 members (excludes halogenated alkanes) is 5. The number of halogens is 3. The first kappa shape index (κ1) is 25.5. The van der Waals surface area contributed by atoms with E-state index in [4.69, 9.17) is 21.1 Å². The van der Waals surface area contributed by atoms with Crippen LogP contribution in [0.3, 0.4) is 0 Å². The van der Waals surface area contributed by atoms with Crippen LogP contribution in [0.5, 0.6) is 11.5 Å². The Morgan fingerprint density at radius 2 is 1.76 bits per heavy atom. The zero-order chi connectivity index (χ0) is 20.2. The van der Waals surface area contributed by atoms with Gasteiger partial charge in [0.2, 0.25) is 0 Å². The first-order valence-electron chi connectivity index (χ1n) is 10.1. The fraction of sp³-hybridized carbons (Fsp3) is 0.478. The lowest BCUT2D eigenvalue weighted by Crippen LogP contribution is -2.14.